The molecule has 1 aromatic rings. The fourth-order valence-corrected chi connectivity index (χ4v) is 0.916. The fraction of sp³-hybridized carbons (Fsp3) is 0.400. The molecule has 0 saturated heterocycles. The highest BCUT2D eigenvalue weighted by molar-refractivity contribution is 5.40. The van der Waals surface area contributed by atoms with Crippen molar-refractivity contribution in [3.05, 3.63) is 23.7 Å². The lowest BCUT2D eigenvalue weighted by atomic mass is 10.2. The summed E-state index contributed by atoms with van der Waals surface area (Å²) in [6.45, 7) is 1.93. The maximum Gasteiger partial charge on any atom is 0.126 e. The first-order chi connectivity index (χ1) is 5.70. The van der Waals surface area contributed by atoms with Crippen LogP contribution in [0.15, 0.2) is 16.9 Å². The third-order valence-electron chi connectivity index (χ3n) is 2.01. The average Bonchev–Trinajstić information content (AvgIpc) is 2.61. The topological polar surface area (TPSA) is 33.4 Å². The number of aryl methyl sites for hydroxylation is 1. The van der Waals surface area contributed by atoms with Gasteiger partial charge in [0.05, 0.1) is 11.8 Å². The van der Waals surface area contributed by atoms with Crippen LogP contribution in [0.4, 0.5) is 0 Å². The van der Waals surface area contributed by atoms with E-state index in [9.17, 15) is 5.11 Å². The molecule has 0 atom stereocenters. The van der Waals surface area contributed by atoms with Crippen molar-refractivity contribution in [3.63, 3.8) is 0 Å². The van der Waals surface area contributed by atoms with E-state index in [2.05, 4.69) is 11.8 Å². The molecule has 1 heterocycles. The minimum Gasteiger partial charge on any atom is -0.471 e. The van der Waals surface area contributed by atoms with E-state index in [1.807, 2.05) is 6.92 Å². The first-order valence-electron chi connectivity index (χ1n) is 3.98. The standard InChI is InChI=1S/C10H10O2/c1-8-6-12-7-9(8)2-3-10(11)4-5-10/h6-7,11H,4-5H2,1H3. The fourth-order valence-electron chi connectivity index (χ4n) is 0.916. The molecule has 1 aliphatic rings. The molecule has 0 bridgehead atoms. The van der Waals surface area contributed by atoms with Gasteiger partial charge in [-0.05, 0) is 19.8 Å². The Bertz CT molecular complexity index is 347. The molecule has 0 spiro atoms. The first-order valence-corrected chi connectivity index (χ1v) is 3.98. The van der Waals surface area contributed by atoms with E-state index in [4.69, 9.17) is 4.42 Å². The van der Waals surface area contributed by atoms with Crippen molar-refractivity contribution in [2.45, 2.75) is 25.4 Å². The highest BCUT2D eigenvalue weighted by Crippen LogP contribution is 2.34. The minimum atomic E-state index is -0.691. The predicted octanol–water partition coefficient (Wildman–Crippen LogP) is 1.46. The van der Waals surface area contributed by atoms with Crippen LogP contribution < -0.4 is 0 Å². The van der Waals surface area contributed by atoms with E-state index < -0.39 is 5.60 Å². The molecular formula is C10H10O2. The van der Waals surface area contributed by atoms with Gasteiger partial charge in [0.1, 0.15) is 11.9 Å². The summed E-state index contributed by atoms with van der Waals surface area (Å²) in [5, 5.41) is 9.41. The Balaban J connectivity index is 2.21. The largest absolute Gasteiger partial charge is 0.471 e. The van der Waals surface area contributed by atoms with E-state index in [1.165, 1.54) is 0 Å². The zero-order valence-corrected chi connectivity index (χ0v) is 6.92. The van der Waals surface area contributed by atoms with Crippen LogP contribution in [0.25, 0.3) is 0 Å². The van der Waals surface area contributed by atoms with Crippen LogP contribution in [0.5, 0.6) is 0 Å². The Morgan fingerprint density at radius 1 is 1.50 bits per heavy atom. The summed E-state index contributed by atoms with van der Waals surface area (Å²) in [5.74, 6) is 5.72. The number of rotatable bonds is 0. The summed E-state index contributed by atoms with van der Waals surface area (Å²) >= 11 is 0. The molecule has 1 saturated carbocycles. The molecule has 2 rings (SSSR count). The molecule has 2 heteroatoms. The van der Waals surface area contributed by atoms with Crippen molar-refractivity contribution in [2.75, 3.05) is 0 Å². The molecule has 0 amide bonds. The summed E-state index contributed by atoms with van der Waals surface area (Å²) in [5.41, 5.74) is 1.20. The van der Waals surface area contributed by atoms with Crippen LogP contribution in [-0.4, -0.2) is 10.7 Å². The number of hydrogen-bond donors (Lipinski definition) is 1. The van der Waals surface area contributed by atoms with Crippen molar-refractivity contribution < 1.29 is 9.52 Å². The van der Waals surface area contributed by atoms with Gasteiger partial charge in [-0.2, -0.15) is 0 Å². The highest BCUT2D eigenvalue weighted by atomic mass is 16.3. The molecule has 12 heavy (non-hydrogen) atoms. The average molecular weight is 162 g/mol. The third kappa shape index (κ3) is 1.37. The van der Waals surface area contributed by atoms with Crippen LogP contribution in [0, 0.1) is 18.8 Å². The van der Waals surface area contributed by atoms with Crippen LogP contribution >= 0.6 is 0 Å². The molecule has 0 radical (unpaired) electrons. The van der Waals surface area contributed by atoms with Gasteiger partial charge in [-0.1, -0.05) is 11.8 Å². The van der Waals surface area contributed by atoms with Crippen molar-refractivity contribution in [3.8, 4) is 11.8 Å². The predicted molar refractivity (Wildman–Crippen MR) is 44.5 cm³/mol. The van der Waals surface area contributed by atoms with E-state index in [-0.39, 0.29) is 0 Å². The van der Waals surface area contributed by atoms with Crippen LogP contribution in [0.2, 0.25) is 0 Å². The van der Waals surface area contributed by atoms with E-state index in [1.54, 1.807) is 12.5 Å². The van der Waals surface area contributed by atoms with Gasteiger partial charge in [-0.3, -0.25) is 0 Å². The minimum absolute atomic E-state index is 0.691. The molecule has 62 valence electrons. The molecule has 0 aromatic carbocycles. The zero-order chi connectivity index (χ0) is 8.60. The summed E-state index contributed by atoms with van der Waals surface area (Å²) < 4.78 is 4.95. The second-order valence-corrected chi connectivity index (χ2v) is 3.25. The Morgan fingerprint density at radius 3 is 2.75 bits per heavy atom. The van der Waals surface area contributed by atoms with Gasteiger partial charge in [0.15, 0.2) is 0 Å². The quantitative estimate of drug-likeness (QED) is 0.586. The Kier molecular flexibility index (Phi) is 1.49. The van der Waals surface area contributed by atoms with Crippen molar-refractivity contribution in [1.29, 1.82) is 0 Å². The molecule has 1 N–H and O–H groups in total. The van der Waals surface area contributed by atoms with Gasteiger partial charge in [-0.25, -0.2) is 0 Å². The van der Waals surface area contributed by atoms with Gasteiger partial charge >= 0.3 is 0 Å². The van der Waals surface area contributed by atoms with Crippen LogP contribution in [0.3, 0.4) is 0 Å². The smallest absolute Gasteiger partial charge is 0.126 e. The molecule has 2 nitrogen and oxygen atoms in total. The van der Waals surface area contributed by atoms with E-state index in [0.29, 0.717) is 0 Å². The second kappa shape index (κ2) is 2.40. The summed E-state index contributed by atoms with van der Waals surface area (Å²) in [7, 11) is 0. The van der Waals surface area contributed by atoms with Crippen molar-refractivity contribution in [2.24, 2.45) is 0 Å². The van der Waals surface area contributed by atoms with Gasteiger partial charge in [0, 0.05) is 5.56 Å². The molecule has 0 unspecified atom stereocenters. The van der Waals surface area contributed by atoms with Gasteiger partial charge in [-0.15, -0.1) is 0 Å². The Hall–Kier alpha value is -1.20. The summed E-state index contributed by atoms with van der Waals surface area (Å²) in [6.07, 6.45) is 4.86. The Labute approximate surface area is 71.2 Å². The van der Waals surface area contributed by atoms with Crippen LogP contribution in [0.1, 0.15) is 24.0 Å². The lowest BCUT2D eigenvalue weighted by molar-refractivity contribution is 0.212. The maximum absolute atomic E-state index is 9.41. The molecule has 1 aliphatic carbocycles. The first kappa shape index (κ1) is 7.45. The van der Waals surface area contributed by atoms with E-state index >= 15 is 0 Å². The lowest BCUT2D eigenvalue weighted by Gasteiger charge is -1.91. The van der Waals surface area contributed by atoms with Crippen LogP contribution in [-0.2, 0) is 0 Å². The van der Waals surface area contributed by atoms with E-state index in [0.717, 1.165) is 24.0 Å². The highest BCUT2D eigenvalue weighted by Gasteiger charge is 2.38. The van der Waals surface area contributed by atoms with Gasteiger partial charge in [0.2, 0.25) is 0 Å². The number of furan rings is 1. The lowest BCUT2D eigenvalue weighted by Crippen LogP contribution is -2.00. The summed E-state index contributed by atoms with van der Waals surface area (Å²) in [4.78, 5) is 0. The van der Waals surface area contributed by atoms with Gasteiger partial charge in [0.25, 0.3) is 0 Å². The molecule has 0 aliphatic heterocycles. The number of aliphatic hydroxyl groups is 1. The normalized spacial score (nSPS) is 18.2. The maximum atomic E-state index is 9.41. The Morgan fingerprint density at radius 2 is 2.25 bits per heavy atom. The molecule has 1 fully saturated rings. The second-order valence-electron chi connectivity index (χ2n) is 3.25. The third-order valence-corrected chi connectivity index (χ3v) is 2.01. The zero-order valence-electron chi connectivity index (χ0n) is 6.92. The van der Waals surface area contributed by atoms with Gasteiger partial charge < -0.3 is 9.52 Å². The summed E-state index contributed by atoms with van der Waals surface area (Å²) in [6, 6.07) is 0. The molecule has 1 aromatic heterocycles. The molecular weight excluding hydrogens is 152 g/mol. The number of hydrogen-bond acceptors (Lipinski definition) is 2. The SMILES string of the molecule is Cc1cocc1C#CC1(O)CC1. The monoisotopic (exact) mass is 162 g/mol. The van der Waals surface area contributed by atoms with Crippen molar-refractivity contribution in [1.82, 2.24) is 0 Å². The van der Waals surface area contributed by atoms with Crippen molar-refractivity contribution >= 4 is 0 Å².